The predicted molar refractivity (Wildman–Crippen MR) is 78.7 cm³/mol. The van der Waals surface area contributed by atoms with Gasteiger partial charge in [0.05, 0.1) is 12.7 Å². The fraction of sp³-hybridized carbons (Fsp3) is 0.118. The normalized spacial score (nSPS) is 10.9. The Morgan fingerprint density at radius 1 is 1.09 bits per heavy atom. The topological polar surface area (TPSA) is 31.2 Å². The average molecular weight is 301 g/mol. The number of fused-ring (bicyclic) bond motifs is 1. The number of hydrogen-bond donors (Lipinski definition) is 0. The zero-order valence-corrected chi connectivity index (χ0v) is 11.8. The molecule has 22 heavy (non-hydrogen) atoms. The van der Waals surface area contributed by atoms with Gasteiger partial charge in [-0.1, -0.05) is 6.07 Å². The van der Waals surface area contributed by atoms with Crippen molar-refractivity contribution in [2.45, 2.75) is 6.54 Å². The molecule has 0 saturated heterocycles. The molecular weight excluding hydrogens is 288 g/mol. The highest BCUT2D eigenvalue weighted by Crippen LogP contribution is 2.20. The number of esters is 1. The molecule has 5 heteroatoms. The molecular formula is C17H13F2NO2. The van der Waals surface area contributed by atoms with Gasteiger partial charge in [0.1, 0.15) is 11.6 Å². The van der Waals surface area contributed by atoms with Gasteiger partial charge in [-0.05, 0) is 41.3 Å². The third-order valence-corrected chi connectivity index (χ3v) is 3.47. The molecule has 3 nitrogen and oxygen atoms in total. The van der Waals surface area contributed by atoms with E-state index in [4.69, 9.17) is 4.74 Å². The Morgan fingerprint density at radius 3 is 2.50 bits per heavy atom. The molecule has 0 bridgehead atoms. The maximum Gasteiger partial charge on any atom is 0.337 e. The highest BCUT2D eigenvalue weighted by atomic mass is 19.1. The summed E-state index contributed by atoms with van der Waals surface area (Å²) >= 11 is 0. The van der Waals surface area contributed by atoms with E-state index in [0.29, 0.717) is 17.7 Å². The Bertz CT molecular complexity index is 835. The molecule has 0 aliphatic heterocycles. The van der Waals surface area contributed by atoms with Crippen LogP contribution in [0.4, 0.5) is 8.78 Å². The van der Waals surface area contributed by atoms with Crippen LogP contribution in [0.25, 0.3) is 10.9 Å². The summed E-state index contributed by atoms with van der Waals surface area (Å²) in [6.45, 7) is 0.308. The minimum atomic E-state index is -0.610. The number of methoxy groups -OCH3 is 1. The first kappa shape index (κ1) is 14.3. The van der Waals surface area contributed by atoms with Crippen molar-refractivity contribution in [1.29, 1.82) is 0 Å². The van der Waals surface area contributed by atoms with Gasteiger partial charge in [0.15, 0.2) is 0 Å². The maximum atomic E-state index is 13.3. The van der Waals surface area contributed by atoms with Gasteiger partial charge in [0.25, 0.3) is 0 Å². The summed E-state index contributed by atoms with van der Waals surface area (Å²) in [5.74, 6) is -1.64. The average Bonchev–Trinajstić information content (AvgIpc) is 2.87. The van der Waals surface area contributed by atoms with E-state index in [1.807, 2.05) is 22.9 Å². The number of carbonyl (C=O) groups excluding carboxylic acids is 1. The van der Waals surface area contributed by atoms with Gasteiger partial charge in [-0.25, -0.2) is 13.6 Å². The second kappa shape index (κ2) is 5.60. The van der Waals surface area contributed by atoms with E-state index in [9.17, 15) is 13.6 Å². The van der Waals surface area contributed by atoms with E-state index in [-0.39, 0.29) is 0 Å². The maximum absolute atomic E-state index is 13.3. The second-order valence-electron chi connectivity index (χ2n) is 4.99. The van der Waals surface area contributed by atoms with Crippen LogP contribution in [-0.4, -0.2) is 17.6 Å². The third-order valence-electron chi connectivity index (χ3n) is 3.47. The summed E-state index contributed by atoms with van der Waals surface area (Å²) in [7, 11) is 1.32. The lowest BCUT2D eigenvalue weighted by atomic mass is 10.1. The first-order valence-electron chi connectivity index (χ1n) is 6.69. The minimum Gasteiger partial charge on any atom is -0.465 e. The van der Waals surface area contributed by atoms with Crippen LogP contribution in [0, 0.1) is 11.6 Å². The number of ether oxygens (including phenoxy) is 1. The Morgan fingerprint density at radius 2 is 1.82 bits per heavy atom. The van der Waals surface area contributed by atoms with Crippen LogP contribution < -0.4 is 0 Å². The van der Waals surface area contributed by atoms with Crippen LogP contribution in [0.3, 0.4) is 0 Å². The van der Waals surface area contributed by atoms with Crippen molar-refractivity contribution in [2.75, 3.05) is 7.11 Å². The van der Waals surface area contributed by atoms with E-state index in [2.05, 4.69) is 0 Å². The number of benzene rings is 2. The molecule has 0 unspecified atom stereocenters. The summed E-state index contributed by atoms with van der Waals surface area (Å²) in [5.41, 5.74) is 1.74. The number of carbonyl (C=O) groups is 1. The summed E-state index contributed by atoms with van der Waals surface area (Å²) in [6, 6.07) is 10.5. The SMILES string of the molecule is COC(=O)c1ccc2ccn(Cc3cc(F)cc(F)c3)c2c1. The Balaban J connectivity index is 2.01. The fourth-order valence-corrected chi connectivity index (χ4v) is 2.47. The summed E-state index contributed by atoms with van der Waals surface area (Å²) in [4.78, 5) is 11.6. The first-order valence-corrected chi connectivity index (χ1v) is 6.69. The van der Waals surface area contributed by atoms with Crippen LogP contribution >= 0.6 is 0 Å². The molecule has 2 aromatic carbocycles. The van der Waals surface area contributed by atoms with Gasteiger partial charge >= 0.3 is 5.97 Å². The van der Waals surface area contributed by atoms with Crippen molar-refractivity contribution < 1.29 is 18.3 Å². The number of rotatable bonds is 3. The highest BCUT2D eigenvalue weighted by molar-refractivity contribution is 5.94. The van der Waals surface area contributed by atoms with Gasteiger partial charge in [0.2, 0.25) is 0 Å². The standard InChI is InChI=1S/C17H13F2NO2/c1-22-17(21)13-3-2-12-4-5-20(16(12)8-13)10-11-6-14(18)9-15(19)7-11/h2-9H,10H2,1H3. The summed E-state index contributed by atoms with van der Waals surface area (Å²) in [5, 5.41) is 0.935. The zero-order valence-electron chi connectivity index (χ0n) is 11.8. The molecule has 1 heterocycles. The quantitative estimate of drug-likeness (QED) is 0.690. The molecule has 0 aliphatic carbocycles. The molecule has 0 N–H and O–H groups in total. The third kappa shape index (κ3) is 2.70. The Kier molecular flexibility index (Phi) is 3.63. The van der Waals surface area contributed by atoms with Gasteiger partial charge < -0.3 is 9.30 Å². The molecule has 0 fully saturated rings. The van der Waals surface area contributed by atoms with Gasteiger partial charge in [-0.15, -0.1) is 0 Å². The lowest BCUT2D eigenvalue weighted by molar-refractivity contribution is 0.0601. The Labute approximate surface area is 125 Å². The summed E-state index contributed by atoms with van der Waals surface area (Å²) in [6.07, 6.45) is 1.81. The molecule has 1 aromatic heterocycles. The highest BCUT2D eigenvalue weighted by Gasteiger charge is 2.09. The largest absolute Gasteiger partial charge is 0.465 e. The van der Waals surface area contributed by atoms with Crippen LogP contribution in [0.1, 0.15) is 15.9 Å². The minimum absolute atomic E-state index is 0.308. The smallest absolute Gasteiger partial charge is 0.337 e. The number of aromatic nitrogens is 1. The molecule has 0 amide bonds. The van der Waals surface area contributed by atoms with Gasteiger partial charge in [-0.2, -0.15) is 0 Å². The lowest BCUT2D eigenvalue weighted by Gasteiger charge is -2.07. The molecule has 0 atom stereocenters. The number of hydrogen-bond acceptors (Lipinski definition) is 2. The van der Waals surface area contributed by atoms with Gasteiger partial charge in [0, 0.05) is 24.3 Å². The van der Waals surface area contributed by atoms with Crippen LogP contribution in [-0.2, 0) is 11.3 Å². The lowest BCUT2D eigenvalue weighted by Crippen LogP contribution is -2.03. The second-order valence-corrected chi connectivity index (χ2v) is 4.99. The molecule has 0 spiro atoms. The molecule has 3 rings (SSSR count). The van der Waals surface area contributed by atoms with Crippen LogP contribution in [0.2, 0.25) is 0 Å². The summed E-state index contributed by atoms with van der Waals surface area (Å²) < 4.78 is 33.1. The predicted octanol–water partition coefficient (Wildman–Crippen LogP) is 3.75. The van der Waals surface area contributed by atoms with E-state index >= 15 is 0 Å². The zero-order chi connectivity index (χ0) is 15.7. The van der Waals surface area contributed by atoms with Crippen molar-refractivity contribution in [3.05, 3.63) is 71.4 Å². The van der Waals surface area contributed by atoms with Crippen molar-refractivity contribution in [3.8, 4) is 0 Å². The van der Waals surface area contributed by atoms with E-state index < -0.39 is 17.6 Å². The van der Waals surface area contributed by atoms with E-state index in [1.165, 1.54) is 19.2 Å². The van der Waals surface area contributed by atoms with Gasteiger partial charge in [-0.3, -0.25) is 0 Å². The molecule has 0 saturated carbocycles. The van der Waals surface area contributed by atoms with E-state index in [0.717, 1.165) is 17.0 Å². The van der Waals surface area contributed by atoms with Crippen molar-refractivity contribution in [1.82, 2.24) is 4.57 Å². The molecule has 112 valence electrons. The van der Waals surface area contributed by atoms with Crippen molar-refractivity contribution in [2.24, 2.45) is 0 Å². The molecule has 3 aromatic rings. The molecule has 0 radical (unpaired) electrons. The number of halogens is 2. The number of nitrogens with zero attached hydrogens (tertiary/aromatic N) is 1. The van der Waals surface area contributed by atoms with E-state index in [1.54, 1.807) is 12.1 Å². The fourth-order valence-electron chi connectivity index (χ4n) is 2.47. The van der Waals surface area contributed by atoms with Crippen LogP contribution in [0.15, 0.2) is 48.7 Å². The monoisotopic (exact) mass is 301 g/mol. The van der Waals surface area contributed by atoms with Crippen molar-refractivity contribution in [3.63, 3.8) is 0 Å². The van der Waals surface area contributed by atoms with Crippen LogP contribution in [0.5, 0.6) is 0 Å². The van der Waals surface area contributed by atoms with Crippen molar-refractivity contribution >= 4 is 16.9 Å². The molecule has 0 aliphatic rings. The Hall–Kier alpha value is -2.69. The first-order chi connectivity index (χ1) is 10.6.